The molecule has 2 heterocycles. The number of aromatic nitrogens is 2. The van der Waals surface area contributed by atoms with Crippen LogP contribution in [0.1, 0.15) is 34.3 Å². The van der Waals surface area contributed by atoms with E-state index in [-0.39, 0.29) is 30.1 Å². The fourth-order valence-corrected chi connectivity index (χ4v) is 5.48. The van der Waals surface area contributed by atoms with Crippen molar-refractivity contribution >= 4 is 49.4 Å². The Morgan fingerprint density at radius 2 is 1.86 bits per heavy atom. The monoisotopic (exact) mass is 512 g/mol. The van der Waals surface area contributed by atoms with Crippen molar-refractivity contribution in [3.05, 3.63) is 83.3 Å². The maximum absolute atomic E-state index is 14.2. The van der Waals surface area contributed by atoms with Gasteiger partial charge in [-0.05, 0) is 61.2 Å². The number of fused-ring (bicyclic) bond motifs is 2. The normalized spacial score (nSPS) is 13.3. The average Bonchev–Trinajstić information content (AvgIpc) is 3.59. The molecular weight excluding hydrogens is 487 g/mol. The van der Waals surface area contributed by atoms with Gasteiger partial charge in [0, 0.05) is 42.2 Å². The molecule has 0 bridgehead atoms. The van der Waals surface area contributed by atoms with E-state index in [0.717, 1.165) is 50.7 Å². The second-order valence-corrected chi connectivity index (χ2v) is 10.7. The first-order valence-electron chi connectivity index (χ1n) is 12.2. The van der Waals surface area contributed by atoms with Gasteiger partial charge in [-0.2, -0.15) is 0 Å². The molecule has 8 heteroatoms. The molecule has 0 unspecified atom stereocenters. The van der Waals surface area contributed by atoms with Crippen LogP contribution in [-0.2, 0) is 18.4 Å². The third-order valence-electron chi connectivity index (χ3n) is 6.77. The van der Waals surface area contributed by atoms with Crippen molar-refractivity contribution < 1.29 is 14.0 Å². The number of benzene rings is 3. The van der Waals surface area contributed by atoms with Crippen LogP contribution in [0.5, 0.6) is 0 Å². The van der Waals surface area contributed by atoms with Gasteiger partial charge in [0.15, 0.2) is 5.13 Å². The zero-order valence-electron chi connectivity index (χ0n) is 20.5. The standard InChI is InChI=1S/C29H25FN4O2S/c1-16-3-8-23(30)20(11-16)14-31-28(36)22-15-34(2)25-10-7-18(12-21(22)25)19-6-9-24-26(13-19)37-29(32-24)33-27(35)17-4-5-17/h3,6-13,15,17H,4-5,14H2,1-2H3,(H,31,36)(H,32,33,35). The van der Waals surface area contributed by atoms with Gasteiger partial charge in [0.05, 0.1) is 15.8 Å². The molecule has 0 saturated heterocycles. The van der Waals surface area contributed by atoms with E-state index >= 15 is 0 Å². The SMILES string of the molecule is Cc1ccc(F)c(CNC(=O)c2cn(C)c3ccc(-c4ccc5nc(NC(=O)C6CC6)sc5c4)cc23)c1. The van der Waals surface area contributed by atoms with Crippen LogP contribution >= 0.6 is 11.3 Å². The van der Waals surface area contributed by atoms with E-state index in [1.54, 1.807) is 18.3 Å². The van der Waals surface area contributed by atoms with Crippen LogP contribution in [0.2, 0.25) is 0 Å². The number of rotatable bonds is 6. The number of hydrogen-bond acceptors (Lipinski definition) is 4. The Balaban J connectivity index is 1.28. The molecule has 1 aliphatic carbocycles. The summed E-state index contributed by atoms with van der Waals surface area (Å²) < 4.78 is 17.1. The number of nitrogens with one attached hydrogen (secondary N) is 2. The van der Waals surface area contributed by atoms with E-state index < -0.39 is 0 Å². The van der Waals surface area contributed by atoms with E-state index in [2.05, 4.69) is 21.7 Å². The van der Waals surface area contributed by atoms with Gasteiger partial charge in [-0.1, -0.05) is 41.2 Å². The number of carbonyl (C=O) groups excluding carboxylic acids is 2. The number of amides is 2. The van der Waals surface area contributed by atoms with Gasteiger partial charge < -0.3 is 15.2 Å². The third-order valence-corrected chi connectivity index (χ3v) is 7.71. The van der Waals surface area contributed by atoms with Crippen molar-refractivity contribution in [1.82, 2.24) is 14.9 Å². The van der Waals surface area contributed by atoms with Gasteiger partial charge in [0.1, 0.15) is 5.82 Å². The summed E-state index contributed by atoms with van der Waals surface area (Å²) in [6, 6.07) is 16.9. The van der Waals surface area contributed by atoms with Crippen molar-refractivity contribution in [1.29, 1.82) is 0 Å². The minimum Gasteiger partial charge on any atom is -0.350 e. The van der Waals surface area contributed by atoms with Gasteiger partial charge in [-0.3, -0.25) is 9.59 Å². The number of carbonyl (C=O) groups is 2. The highest BCUT2D eigenvalue weighted by molar-refractivity contribution is 7.22. The molecule has 1 saturated carbocycles. The molecule has 5 aromatic rings. The first kappa shape index (κ1) is 23.4. The molecule has 0 radical (unpaired) electrons. The van der Waals surface area contributed by atoms with Crippen LogP contribution in [0.25, 0.3) is 32.2 Å². The highest BCUT2D eigenvalue weighted by atomic mass is 32.1. The van der Waals surface area contributed by atoms with Crippen LogP contribution in [0.3, 0.4) is 0 Å². The van der Waals surface area contributed by atoms with E-state index in [9.17, 15) is 14.0 Å². The summed E-state index contributed by atoms with van der Waals surface area (Å²) in [5.74, 6) is -0.412. The first-order valence-corrected chi connectivity index (χ1v) is 13.0. The van der Waals surface area contributed by atoms with Crippen LogP contribution in [0.15, 0.2) is 60.8 Å². The molecular formula is C29H25FN4O2S. The second kappa shape index (κ2) is 9.12. The van der Waals surface area contributed by atoms with Gasteiger partial charge >= 0.3 is 0 Å². The number of anilines is 1. The van der Waals surface area contributed by atoms with Crippen LogP contribution < -0.4 is 10.6 Å². The lowest BCUT2D eigenvalue weighted by Crippen LogP contribution is -2.23. The van der Waals surface area contributed by atoms with Crippen LogP contribution in [0.4, 0.5) is 9.52 Å². The van der Waals surface area contributed by atoms with Gasteiger partial charge in [-0.15, -0.1) is 0 Å². The lowest BCUT2D eigenvalue weighted by atomic mass is 10.0. The molecule has 2 aromatic heterocycles. The molecule has 37 heavy (non-hydrogen) atoms. The Hall–Kier alpha value is -4.04. The van der Waals surface area contributed by atoms with Crippen LogP contribution in [0, 0.1) is 18.7 Å². The van der Waals surface area contributed by atoms with Crippen molar-refractivity contribution in [2.75, 3.05) is 5.32 Å². The molecule has 2 N–H and O–H groups in total. The summed E-state index contributed by atoms with van der Waals surface area (Å²) >= 11 is 1.46. The zero-order chi connectivity index (χ0) is 25.7. The van der Waals surface area contributed by atoms with E-state index in [4.69, 9.17) is 0 Å². The third kappa shape index (κ3) is 4.60. The maximum atomic E-state index is 14.2. The molecule has 0 atom stereocenters. The zero-order valence-corrected chi connectivity index (χ0v) is 21.3. The molecule has 1 aliphatic rings. The topological polar surface area (TPSA) is 76.0 Å². The highest BCUT2D eigenvalue weighted by Crippen LogP contribution is 2.35. The number of aryl methyl sites for hydroxylation is 2. The van der Waals surface area contributed by atoms with Crippen molar-refractivity contribution in [3.8, 4) is 11.1 Å². The van der Waals surface area contributed by atoms with E-state index in [1.165, 1.54) is 17.4 Å². The Kier molecular flexibility index (Phi) is 5.76. The largest absolute Gasteiger partial charge is 0.350 e. The predicted molar refractivity (Wildman–Crippen MR) is 145 cm³/mol. The molecule has 0 aliphatic heterocycles. The van der Waals surface area contributed by atoms with Crippen molar-refractivity contribution in [3.63, 3.8) is 0 Å². The smallest absolute Gasteiger partial charge is 0.253 e. The minimum atomic E-state index is -0.333. The summed E-state index contributed by atoms with van der Waals surface area (Å²) in [6.07, 6.45) is 3.70. The molecule has 2 amide bonds. The molecule has 6 rings (SSSR count). The number of hydrogen-bond donors (Lipinski definition) is 2. The molecule has 6 nitrogen and oxygen atoms in total. The van der Waals surface area contributed by atoms with Gasteiger partial charge in [0.2, 0.25) is 5.91 Å². The lowest BCUT2D eigenvalue weighted by Gasteiger charge is -2.07. The molecule has 1 fully saturated rings. The fraction of sp³-hybridized carbons (Fsp3) is 0.207. The molecule has 186 valence electrons. The first-order chi connectivity index (χ1) is 17.9. The number of halogens is 1. The summed E-state index contributed by atoms with van der Waals surface area (Å²) in [5, 5.41) is 7.24. The van der Waals surface area contributed by atoms with Crippen LogP contribution in [-0.4, -0.2) is 21.4 Å². The quantitative estimate of drug-likeness (QED) is 0.285. The molecule has 0 spiro atoms. The minimum absolute atomic E-state index is 0.0461. The highest BCUT2D eigenvalue weighted by Gasteiger charge is 2.30. The predicted octanol–water partition coefficient (Wildman–Crippen LogP) is 6.18. The van der Waals surface area contributed by atoms with E-state index in [0.29, 0.717) is 16.3 Å². The van der Waals surface area contributed by atoms with Gasteiger partial charge in [-0.25, -0.2) is 9.37 Å². The maximum Gasteiger partial charge on any atom is 0.253 e. The summed E-state index contributed by atoms with van der Waals surface area (Å²) in [4.78, 5) is 29.8. The number of thiazole rings is 1. The Morgan fingerprint density at radius 1 is 1.08 bits per heavy atom. The lowest BCUT2D eigenvalue weighted by molar-refractivity contribution is -0.117. The van der Waals surface area contributed by atoms with Crippen molar-refractivity contribution in [2.24, 2.45) is 13.0 Å². The summed E-state index contributed by atoms with van der Waals surface area (Å²) in [5.41, 5.74) is 5.67. The fourth-order valence-electron chi connectivity index (χ4n) is 4.57. The van der Waals surface area contributed by atoms with E-state index in [1.807, 2.05) is 48.9 Å². The Morgan fingerprint density at radius 3 is 2.68 bits per heavy atom. The summed E-state index contributed by atoms with van der Waals surface area (Å²) in [7, 11) is 1.90. The van der Waals surface area contributed by atoms with Crippen molar-refractivity contribution in [2.45, 2.75) is 26.3 Å². The number of nitrogens with zero attached hydrogens (tertiary/aromatic N) is 2. The molecule has 3 aromatic carbocycles. The Bertz CT molecular complexity index is 1700. The van der Waals surface area contributed by atoms with Gasteiger partial charge in [0.25, 0.3) is 5.91 Å². The average molecular weight is 513 g/mol. The second-order valence-electron chi connectivity index (χ2n) is 9.63. The summed E-state index contributed by atoms with van der Waals surface area (Å²) in [6.45, 7) is 2.01. The Labute approximate surface area is 217 Å².